The number of rotatable bonds is 4. The summed E-state index contributed by atoms with van der Waals surface area (Å²) < 4.78 is 37.9. The van der Waals surface area contributed by atoms with Gasteiger partial charge < -0.3 is 10.2 Å². The Morgan fingerprint density at radius 1 is 1.38 bits per heavy atom. The molecule has 1 saturated heterocycles. The van der Waals surface area contributed by atoms with E-state index < -0.39 is 11.7 Å². The normalized spacial score (nSPS) is 19.6. The van der Waals surface area contributed by atoms with Gasteiger partial charge in [-0.1, -0.05) is 25.4 Å². The fraction of sp³-hybridized carbons (Fsp3) is 0.600. The van der Waals surface area contributed by atoms with Crippen LogP contribution in [-0.4, -0.2) is 25.7 Å². The lowest BCUT2D eigenvalue weighted by molar-refractivity contribution is -0.137. The van der Waals surface area contributed by atoms with Crippen LogP contribution in [0.1, 0.15) is 25.8 Å². The summed E-state index contributed by atoms with van der Waals surface area (Å²) in [6.07, 6.45) is -3.33. The molecule has 0 bridgehead atoms. The van der Waals surface area contributed by atoms with E-state index in [1.807, 2.05) is 0 Å². The second-order valence-electron chi connectivity index (χ2n) is 5.83. The summed E-state index contributed by atoms with van der Waals surface area (Å²) >= 11 is 6.03. The molecule has 1 aromatic rings. The van der Waals surface area contributed by atoms with Crippen molar-refractivity contribution in [2.24, 2.45) is 5.92 Å². The van der Waals surface area contributed by atoms with E-state index in [1.54, 1.807) is 0 Å². The smallest absolute Gasteiger partial charge is 0.370 e. The first-order valence-electron chi connectivity index (χ1n) is 7.12. The minimum atomic E-state index is -4.35. The topological polar surface area (TPSA) is 15.3 Å². The molecule has 1 heterocycles. The Morgan fingerprint density at radius 2 is 2.10 bits per heavy atom. The SMILES string of the molecule is CC(C)NCC1CCN(c2ccc(C(F)(F)F)cc2Cl)C1. The first-order valence-corrected chi connectivity index (χ1v) is 7.50. The molecule has 0 radical (unpaired) electrons. The van der Waals surface area contributed by atoms with Gasteiger partial charge in [0.05, 0.1) is 16.3 Å². The second kappa shape index (κ2) is 6.44. The van der Waals surface area contributed by atoms with Crippen LogP contribution in [-0.2, 0) is 6.18 Å². The Kier molecular flexibility index (Phi) is 5.04. The minimum Gasteiger partial charge on any atom is -0.370 e. The number of benzene rings is 1. The molecule has 21 heavy (non-hydrogen) atoms. The molecule has 1 atom stereocenters. The molecule has 2 rings (SSSR count). The van der Waals surface area contributed by atoms with E-state index in [9.17, 15) is 13.2 Å². The number of nitrogens with zero attached hydrogens (tertiary/aromatic N) is 1. The highest BCUT2D eigenvalue weighted by Crippen LogP contribution is 2.36. The van der Waals surface area contributed by atoms with Gasteiger partial charge in [0.25, 0.3) is 0 Å². The third-order valence-electron chi connectivity index (χ3n) is 3.72. The minimum absolute atomic E-state index is 0.169. The van der Waals surface area contributed by atoms with E-state index in [0.717, 1.165) is 38.2 Å². The maximum atomic E-state index is 12.6. The largest absolute Gasteiger partial charge is 0.416 e. The molecule has 1 aliphatic heterocycles. The summed E-state index contributed by atoms with van der Waals surface area (Å²) in [5, 5.41) is 3.56. The molecule has 0 spiro atoms. The van der Waals surface area contributed by atoms with Gasteiger partial charge in [0.1, 0.15) is 0 Å². The van der Waals surface area contributed by atoms with Crippen molar-refractivity contribution >= 4 is 17.3 Å². The van der Waals surface area contributed by atoms with Crippen LogP contribution in [0.2, 0.25) is 5.02 Å². The lowest BCUT2D eigenvalue weighted by Crippen LogP contribution is -2.30. The molecule has 1 N–H and O–H groups in total. The fourth-order valence-electron chi connectivity index (χ4n) is 2.56. The molecular formula is C15H20ClF3N2. The highest BCUT2D eigenvalue weighted by Gasteiger charge is 2.32. The quantitative estimate of drug-likeness (QED) is 0.895. The molecule has 1 unspecified atom stereocenters. The van der Waals surface area contributed by atoms with Crippen LogP contribution in [0, 0.1) is 5.92 Å². The summed E-state index contributed by atoms with van der Waals surface area (Å²) in [6, 6.07) is 4.02. The maximum absolute atomic E-state index is 12.6. The fourth-order valence-corrected chi connectivity index (χ4v) is 2.86. The zero-order chi connectivity index (χ0) is 15.6. The van der Waals surface area contributed by atoms with Gasteiger partial charge >= 0.3 is 6.18 Å². The Morgan fingerprint density at radius 3 is 2.67 bits per heavy atom. The van der Waals surface area contributed by atoms with Crippen LogP contribution >= 0.6 is 11.6 Å². The zero-order valence-corrected chi connectivity index (χ0v) is 12.9. The molecule has 1 aromatic carbocycles. The van der Waals surface area contributed by atoms with E-state index in [0.29, 0.717) is 17.6 Å². The van der Waals surface area contributed by atoms with Crippen LogP contribution in [0.15, 0.2) is 18.2 Å². The summed E-state index contributed by atoms with van der Waals surface area (Å²) in [4.78, 5) is 2.06. The van der Waals surface area contributed by atoms with Gasteiger partial charge in [-0.2, -0.15) is 13.2 Å². The summed E-state index contributed by atoms with van der Waals surface area (Å²) in [5.41, 5.74) is -0.00909. The van der Waals surface area contributed by atoms with E-state index in [-0.39, 0.29) is 5.02 Å². The first kappa shape index (κ1) is 16.4. The molecule has 6 heteroatoms. The average Bonchev–Trinajstić information content (AvgIpc) is 2.83. The molecule has 1 aliphatic rings. The highest BCUT2D eigenvalue weighted by molar-refractivity contribution is 6.33. The van der Waals surface area contributed by atoms with E-state index in [1.165, 1.54) is 6.07 Å². The molecule has 0 aliphatic carbocycles. The summed E-state index contributed by atoms with van der Waals surface area (Å²) in [5.74, 6) is 0.505. The van der Waals surface area contributed by atoms with E-state index in [4.69, 9.17) is 11.6 Å². The number of hydrogen-bond acceptors (Lipinski definition) is 2. The summed E-state index contributed by atoms with van der Waals surface area (Å²) in [6.45, 7) is 6.77. The Labute approximate surface area is 128 Å². The van der Waals surface area contributed by atoms with Crippen LogP contribution in [0.25, 0.3) is 0 Å². The predicted octanol–water partition coefficient (Wildman–Crippen LogP) is 4.18. The molecule has 0 aromatic heterocycles. The van der Waals surface area contributed by atoms with E-state index >= 15 is 0 Å². The number of anilines is 1. The monoisotopic (exact) mass is 320 g/mol. The van der Waals surface area contributed by atoms with Gasteiger partial charge in [0.15, 0.2) is 0 Å². The third kappa shape index (κ3) is 4.27. The van der Waals surface area contributed by atoms with Crippen molar-refractivity contribution in [1.82, 2.24) is 5.32 Å². The molecule has 0 amide bonds. The molecule has 0 saturated carbocycles. The lowest BCUT2D eigenvalue weighted by atomic mass is 10.1. The van der Waals surface area contributed by atoms with Crippen molar-refractivity contribution in [3.05, 3.63) is 28.8 Å². The van der Waals surface area contributed by atoms with Crippen LogP contribution in [0.4, 0.5) is 18.9 Å². The van der Waals surface area contributed by atoms with Crippen molar-refractivity contribution in [2.75, 3.05) is 24.5 Å². The number of hydrogen-bond donors (Lipinski definition) is 1. The van der Waals surface area contributed by atoms with Gasteiger partial charge in [-0.25, -0.2) is 0 Å². The van der Waals surface area contributed by atoms with Gasteiger partial charge in [0.2, 0.25) is 0 Å². The second-order valence-corrected chi connectivity index (χ2v) is 6.23. The first-order chi connectivity index (χ1) is 9.77. The van der Waals surface area contributed by atoms with Gasteiger partial charge in [0, 0.05) is 19.1 Å². The molecule has 1 fully saturated rings. The van der Waals surface area contributed by atoms with Gasteiger partial charge in [-0.05, 0) is 37.1 Å². The van der Waals surface area contributed by atoms with Crippen molar-refractivity contribution in [3.8, 4) is 0 Å². The van der Waals surface area contributed by atoms with Crippen LogP contribution < -0.4 is 10.2 Å². The Balaban J connectivity index is 2.03. The third-order valence-corrected chi connectivity index (χ3v) is 4.02. The maximum Gasteiger partial charge on any atom is 0.416 e. The standard InChI is InChI=1S/C15H20ClF3N2/c1-10(2)20-8-11-5-6-21(9-11)14-4-3-12(7-13(14)16)15(17,18)19/h3-4,7,10-11,20H,5-6,8-9H2,1-2H3. The highest BCUT2D eigenvalue weighted by atomic mass is 35.5. The van der Waals surface area contributed by atoms with Crippen LogP contribution in [0.5, 0.6) is 0 Å². The average molecular weight is 321 g/mol. The Hall–Kier alpha value is -0.940. The van der Waals surface area contributed by atoms with Crippen molar-refractivity contribution < 1.29 is 13.2 Å². The number of nitrogens with one attached hydrogen (secondary N) is 1. The van der Waals surface area contributed by atoms with E-state index in [2.05, 4.69) is 24.1 Å². The Bertz CT molecular complexity index is 488. The zero-order valence-electron chi connectivity index (χ0n) is 12.2. The van der Waals surface area contributed by atoms with Crippen molar-refractivity contribution in [3.63, 3.8) is 0 Å². The molecular weight excluding hydrogens is 301 g/mol. The lowest BCUT2D eigenvalue weighted by Gasteiger charge is -2.21. The van der Waals surface area contributed by atoms with Crippen molar-refractivity contribution in [2.45, 2.75) is 32.5 Å². The van der Waals surface area contributed by atoms with Gasteiger partial charge in [-0.3, -0.25) is 0 Å². The summed E-state index contributed by atoms with van der Waals surface area (Å²) in [7, 11) is 0. The molecule has 118 valence electrons. The van der Waals surface area contributed by atoms with Crippen LogP contribution in [0.3, 0.4) is 0 Å². The number of halogens is 4. The predicted molar refractivity (Wildman–Crippen MR) is 79.9 cm³/mol. The number of alkyl halides is 3. The molecule has 2 nitrogen and oxygen atoms in total. The van der Waals surface area contributed by atoms with Crippen molar-refractivity contribution in [1.29, 1.82) is 0 Å². The van der Waals surface area contributed by atoms with Gasteiger partial charge in [-0.15, -0.1) is 0 Å².